The first-order chi connectivity index (χ1) is 7.21. The molecule has 4 nitrogen and oxygen atoms in total. The van der Waals surface area contributed by atoms with Crippen molar-refractivity contribution < 1.29 is 0 Å². The highest BCUT2D eigenvalue weighted by atomic mass is 15.3. The second-order valence-corrected chi connectivity index (χ2v) is 3.67. The molecule has 1 heterocycles. The van der Waals surface area contributed by atoms with Crippen LogP contribution in [0.2, 0.25) is 0 Å². The zero-order valence-corrected chi connectivity index (χ0v) is 9.57. The lowest BCUT2D eigenvalue weighted by molar-refractivity contribution is 0.501. The summed E-state index contributed by atoms with van der Waals surface area (Å²) in [7, 11) is 0. The van der Waals surface area contributed by atoms with Crippen molar-refractivity contribution in [1.82, 2.24) is 15.1 Å². The molecule has 0 aliphatic carbocycles. The van der Waals surface area contributed by atoms with Gasteiger partial charge in [-0.05, 0) is 20.3 Å². The number of nitrogens with zero attached hydrogens (tertiary/aromatic N) is 3. The van der Waals surface area contributed by atoms with Gasteiger partial charge in [-0.1, -0.05) is 6.92 Å². The molecule has 0 saturated carbocycles. The van der Waals surface area contributed by atoms with Gasteiger partial charge in [0.2, 0.25) is 0 Å². The van der Waals surface area contributed by atoms with E-state index in [1.165, 1.54) is 0 Å². The lowest BCUT2D eigenvalue weighted by Crippen LogP contribution is -2.28. The molecule has 2 atom stereocenters. The molecule has 15 heavy (non-hydrogen) atoms. The molecule has 1 N–H and O–H groups in total. The molecule has 0 spiro atoms. The van der Waals surface area contributed by atoms with Gasteiger partial charge in [0.15, 0.2) is 0 Å². The van der Waals surface area contributed by atoms with E-state index >= 15 is 0 Å². The minimum Gasteiger partial charge on any atom is -0.296 e. The number of nitrogens with one attached hydrogen (secondary N) is 1. The van der Waals surface area contributed by atoms with E-state index in [1.807, 2.05) is 17.8 Å². The Morgan fingerprint density at radius 1 is 1.60 bits per heavy atom. The van der Waals surface area contributed by atoms with Crippen LogP contribution in [0, 0.1) is 11.3 Å². The van der Waals surface area contributed by atoms with Crippen molar-refractivity contribution in [2.45, 2.75) is 45.8 Å². The summed E-state index contributed by atoms with van der Waals surface area (Å²) in [6, 6.07) is 2.35. The van der Waals surface area contributed by atoms with E-state index < -0.39 is 0 Å². The molecule has 1 aromatic heterocycles. The first-order valence-corrected chi connectivity index (χ1v) is 5.39. The minimum absolute atomic E-state index is 0.250. The standard InChI is InChI=1S/C11H18N4/c1-4-9(3)14-11(6-12)10-7-13-15(5-2)8-10/h7-9,11,14H,4-5H2,1-3H3. The van der Waals surface area contributed by atoms with Crippen LogP contribution >= 0.6 is 0 Å². The van der Waals surface area contributed by atoms with Gasteiger partial charge < -0.3 is 0 Å². The maximum absolute atomic E-state index is 9.06. The summed E-state index contributed by atoms with van der Waals surface area (Å²) in [5, 5.41) is 16.5. The van der Waals surface area contributed by atoms with E-state index in [0.717, 1.165) is 18.5 Å². The number of aryl methyl sites for hydroxylation is 1. The van der Waals surface area contributed by atoms with Gasteiger partial charge in [-0.3, -0.25) is 10.00 Å². The fourth-order valence-corrected chi connectivity index (χ4v) is 1.31. The van der Waals surface area contributed by atoms with Crippen LogP contribution in [-0.4, -0.2) is 15.8 Å². The van der Waals surface area contributed by atoms with Crippen LogP contribution in [-0.2, 0) is 6.54 Å². The minimum atomic E-state index is -0.250. The molecule has 4 heteroatoms. The molecule has 82 valence electrons. The zero-order chi connectivity index (χ0) is 11.3. The summed E-state index contributed by atoms with van der Waals surface area (Å²) in [6.45, 7) is 7.04. The average molecular weight is 206 g/mol. The van der Waals surface area contributed by atoms with Crippen molar-refractivity contribution in [2.24, 2.45) is 0 Å². The molecular weight excluding hydrogens is 188 g/mol. The Hall–Kier alpha value is -1.34. The summed E-state index contributed by atoms with van der Waals surface area (Å²) >= 11 is 0. The van der Waals surface area contributed by atoms with Crippen molar-refractivity contribution in [3.63, 3.8) is 0 Å². The molecule has 0 fully saturated rings. The first-order valence-electron chi connectivity index (χ1n) is 5.39. The van der Waals surface area contributed by atoms with E-state index in [9.17, 15) is 0 Å². The predicted molar refractivity (Wildman–Crippen MR) is 59.1 cm³/mol. The van der Waals surface area contributed by atoms with Crippen molar-refractivity contribution >= 4 is 0 Å². The molecule has 0 radical (unpaired) electrons. The van der Waals surface area contributed by atoms with Crippen molar-refractivity contribution in [1.29, 1.82) is 5.26 Å². The molecule has 0 aliphatic heterocycles. The van der Waals surface area contributed by atoms with Crippen LogP contribution in [0.15, 0.2) is 12.4 Å². The number of hydrogen-bond acceptors (Lipinski definition) is 3. The van der Waals surface area contributed by atoms with E-state index in [4.69, 9.17) is 5.26 Å². The maximum atomic E-state index is 9.06. The second-order valence-electron chi connectivity index (χ2n) is 3.67. The second kappa shape index (κ2) is 5.52. The molecule has 1 aromatic rings. The van der Waals surface area contributed by atoms with Gasteiger partial charge in [0, 0.05) is 24.3 Å². The monoisotopic (exact) mass is 206 g/mol. The third-order valence-corrected chi connectivity index (χ3v) is 2.50. The normalized spacial score (nSPS) is 14.5. The Kier molecular flexibility index (Phi) is 4.32. The zero-order valence-electron chi connectivity index (χ0n) is 9.57. The lowest BCUT2D eigenvalue weighted by atomic mass is 10.1. The van der Waals surface area contributed by atoms with Gasteiger partial charge >= 0.3 is 0 Å². The van der Waals surface area contributed by atoms with Crippen LogP contribution in [0.3, 0.4) is 0 Å². The molecule has 0 amide bonds. The Labute approximate surface area is 90.9 Å². The van der Waals surface area contributed by atoms with E-state index in [0.29, 0.717) is 6.04 Å². The van der Waals surface area contributed by atoms with Gasteiger partial charge in [-0.2, -0.15) is 10.4 Å². The summed E-state index contributed by atoms with van der Waals surface area (Å²) in [5.41, 5.74) is 0.944. The molecule has 0 saturated heterocycles. The van der Waals surface area contributed by atoms with Gasteiger partial charge in [-0.25, -0.2) is 0 Å². The molecule has 0 bridgehead atoms. The SMILES string of the molecule is CCC(C)NC(C#N)c1cnn(CC)c1. The smallest absolute Gasteiger partial charge is 0.124 e. The number of aromatic nitrogens is 2. The number of hydrogen-bond donors (Lipinski definition) is 1. The molecular formula is C11H18N4. The number of nitriles is 1. The Morgan fingerprint density at radius 3 is 2.80 bits per heavy atom. The summed E-state index contributed by atoms with van der Waals surface area (Å²) in [6.07, 6.45) is 4.69. The molecule has 0 aliphatic rings. The average Bonchev–Trinajstić information content (AvgIpc) is 2.73. The molecule has 1 rings (SSSR count). The third-order valence-electron chi connectivity index (χ3n) is 2.50. The predicted octanol–water partition coefficient (Wildman–Crippen LogP) is 1.86. The molecule has 0 aromatic carbocycles. The summed E-state index contributed by atoms with van der Waals surface area (Å²) < 4.78 is 1.83. The highest BCUT2D eigenvalue weighted by Crippen LogP contribution is 2.12. The van der Waals surface area contributed by atoms with Crippen LogP contribution in [0.25, 0.3) is 0 Å². The van der Waals surface area contributed by atoms with Gasteiger partial charge in [0.25, 0.3) is 0 Å². The largest absolute Gasteiger partial charge is 0.296 e. The highest BCUT2D eigenvalue weighted by Gasteiger charge is 2.14. The molecule has 2 unspecified atom stereocenters. The van der Waals surface area contributed by atoms with Gasteiger partial charge in [-0.15, -0.1) is 0 Å². The van der Waals surface area contributed by atoms with E-state index in [-0.39, 0.29) is 6.04 Å². The highest BCUT2D eigenvalue weighted by molar-refractivity contribution is 5.18. The van der Waals surface area contributed by atoms with E-state index in [1.54, 1.807) is 6.20 Å². The topological polar surface area (TPSA) is 53.6 Å². The fourth-order valence-electron chi connectivity index (χ4n) is 1.31. The Morgan fingerprint density at radius 2 is 2.33 bits per heavy atom. The van der Waals surface area contributed by atoms with Crippen molar-refractivity contribution in [3.8, 4) is 6.07 Å². The Bertz CT molecular complexity index is 337. The summed E-state index contributed by atoms with van der Waals surface area (Å²) in [4.78, 5) is 0. The van der Waals surface area contributed by atoms with Crippen LogP contribution < -0.4 is 5.32 Å². The van der Waals surface area contributed by atoms with Crippen molar-refractivity contribution in [2.75, 3.05) is 0 Å². The van der Waals surface area contributed by atoms with Gasteiger partial charge in [0.1, 0.15) is 6.04 Å². The van der Waals surface area contributed by atoms with E-state index in [2.05, 4.69) is 30.3 Å². The van der Waals surface area contributed by atoms with Gasteiger partial charge in [0.05, 0.1) is 12.3 Å². The number of rotatable bonds is 5. The first kappa shape index (κ1) is 11.7. The van der Waals surface area contributed by atoms with Crippen molar-refractivity contribution in [3.05, 3.63) is 18.0 Å². The summed E-state index contributed by atoms with van der Waals surface area (Å²) in [5.74, 6) is 0. The Balaban J connectivity index is 2.70. The fraction of sp³-hybridized carbons (Fsp3) is 0.636. The van der Waals surface area contributed by atoms with Crippen LogP contribution in [0.5, 0.6) is 0 Å². The van der Waals surface area contributed by atoms with Crippen LogP contribution in [0.4, 0.5) is 0 Å². The maximum Gasteiger partial charge on any atom is 0.124 e. The third kappa shape index (κ3) is 3.07. The van der Waals surface area contributed by atoms with Crippen LogP contribution in [0.1, 0.15) is 38.8 Å². The quantitative estimate of drug-likeness (QED) is 0.800. The lowest BCUT2D eigenvalue weighted by Gasteiger charge is -2.15.